The number of hydrogen-bond donors (Lipinski definition) is 5. The molecule has 2 aromatic rings. The molecule has 0 aromatic carbocycles. The van der Waals surface area contributed by atoms with Gasteiger partial charge in [-0.1, -0.05) is 12.8 Å². The third kappa shape index (κ3) is 2.32. The van der Waals surface area contributed by atoms with Gasteiger partial charge in [0, 0.05) is 0 Å². The predicted molar refractivity (Wildman–Crippen MR) is 71.4 cm³/mol. The van der Waals surface area contributed by atoms with Crippen molar-refractivity contribution in [3.8, 4) is 0 Å². The summed E-state index contributed by atoms with van der Waals surface area (Å²) in [5, 5.41) is 20.8. The predicted octanol–water partition coefficient (Wildman–Crippen LogP) is 0.354. The fourth-order valence-electron chi connectivity index (χ4n) is 2.46. The fraction of sp³-hybridized carbons (Fsp3) is 0.545. The fourth-order valence-corrected chi connectivity index (χ4v) is 2.46. The van der Waals surface area contributed by atoms with Crippen LogP contribution in [-0.4, -0.2) is 37.4 Å². The number of aromatic nitrogens is 4. The molecule has 1 aliphatic rings. The van der Waals surface area contributed by atoms with Crippen LogP contribution in [0.1, 0.15) is 25.7 Å². The van der Waals surface area contributed by atoms with Crippen LogP contribution in [0.3, 0.4) is 0 Å². The minimum atomic E-state index is -0.347. The van der Waals surface area contributed by atoms with Crippen LogP contribution in [0.2, 0.25) is 0 Å². The Kier molecular flexibility index (Phi) is 3.18. The Balaban J connectivity index is 1.92. The number of aromatic amines is 1. The smallest absolute Gasteiger partial charge is 0.241 e. The molecule has 0 amide bonds. The van der Waals surface area contributed by atoms with Gasteiger partial charge in [0.05, 0.1) is 23.7 Å². The van der Waals surface area contributed by atoms with E-state index in [2.05, 4.69) is 30.9 Å². The zero-order chi connectivity index (χ0) is 13.2. The molecule has 6 N–H and O–H groups in total. The van der Waals surface area contributed by atoms with Gasteiger partial charge in [0.25, 0.3) is 0 Å². The first-order valence-corrected chi connectivity index (χ1v) is 6.40. The number of hydrazine groups is 1. The van der Waals surface area contributed by atoms with Gasteiger partial charge in [0.2, 0.25) is 5.95 Å². The third-order valence-electron chi connectivity index (χ3n) is 3.49. The molecule has 0 saturated heterocycles. The molecular formula is C11H17N7O. The van der Waals surface area contributed by atoms with Gasteiger partial charge < -0.3 is 10.4 Å². The minimum absolute atomic E-state index is 0.00683. The Morgan fingerprint density at radius 2 is 2.16 bits per heavy atom. The van der Waals surface area contributed by atoms with Crippen molar-refractivity contribution in [1.82, 2.24) is 20.2 Å². The lowest BCUT2D eigenvalue weighted by molar-refractivity contribution is 0.116. The number of aliphatic hydroxyl groups excluding tert-OH is 1. The maximum absolute atomic E-state index is 10.0. The Bertz CT molecular complexity index is 569. The van der Waals surface area contributed by atoms with E-state index in [0.29, 0.717) is 17.4 Å². The molecule has 0 radical (unpaired) electrons. The normalized spacial score (nSPS) is 23.5. The van der Waals surface area contributed by atoms with Crippen molar-refractivity contribution < 1.29 is 5.11 Å². The average molecular weight is 263 g/mol. The summed E-state index contributed by atoms with van der Waals surface area (Å²) in [7, 11) is 0. The molecule has 2 unspecified atom stereocenters. The summed E-state index contributed by atoms with van der Waals surface area (Å²) in [6.07, 6.45) is 5.23. The van der Waals surface area contributed by atoms with Crippen molar-refractivity contribution in [1.29, 1.82) is 0 Å². The average Bonchev–Trinajstić information content (AvgIpc) is 2.89. The molecule has 1 aliphatic carbocycles. The molecule has 1 saturated carbocycles. The van der Waals surface area contributed by atoms with Gasteiger partial charge in [-0.2, -0.15) is 15.1 Å². The lowest BCUT2D eigenvalue weighted by Crippen LogP contribution is -2.36. The molecule has 2 aromatic heterocycles. The van der Waals surface area contributed by atoms with Crippen LogP contribution in [0.5, 0.6) is 0 Å². The second-order valence-corrected chi connectivity index (χ2v) is 4.78. The maximum Gasteiger partial charge on any atom is 0.241 e. The summed E-state index contributed by atoms with van der Waals surface area (Å²) >= 11 is 0. The Morgan fingerprint density at radius 1 is 1.32 bits per heavy atom. The summed E-state index contributed by atoms with van der Waals surface area (Å²) in [5.41, 5.74) is 3.03. The van der Waals surface area contributed by atoms with Gasteiger partial charge in [0.1, 0.15) is 5.82 Å². The summed E-state index contributed by atoms with van der Waals surface area (Å²) in [6, 6.07) is 0.00683. The largest absolute Gasteiger partial charge is 0.391 e. The zero-order valence-electron chi connectivity index (χ0n) is 10.4. The Morgan fingerprint density at radius 3 is 2.95 bits per heavy atom. The van der Waals surface area contributed by atoms with Crippen molar-refractivity contribution in [2.24, 2.45) is 5.84 Å². The lowest BCUT2D eigenvalue weighted by Gasteiger charge is -2.28. The van der Waals surface area contributed by atoms with Crippen molar-refractivity contribution in [3.05, 3.63) is 6.20 Å². The first-order chi connectivity index (χ1) is 9.28. The highest BCUT2D eigenvalue weighted by atomic mass is 16.3. The molecule has 3 rings (SSSR count). The van der Waals surface area contributed by atoms with Crippen molar-refractivity contribution in [2.75, 3.05) is 10.7 Å². The van der Waals surface area contributed by atoms with E-state index in [4.69, 9.17) is 5.84 Å². The van der Waals surface area contributed by atoms with E-state index in [9.17, 15) is 5.11 Å². The molecule has 8 nitrogen and oxygen atoms in total. The van der Waals surface area contributed by atoms with Gasteiger partial charge in [-0.3, -0.25) is 10.5 Å². The number of nitrogens with one attached hydrogen (secondary N) is 3. The molecule has 0 bridgehead atoms. The topological polar surface area (TPSA) is 125 Å². The first kappa shape index (κ1) is 12.1. The standard InChI is InChI=1S/C11H17N7O/c12-17-11-15-9(6-5-13-18-10(6)16-11)14-7-3-1-2-4-8(7)19/h5,7-8,19H,1-4,12H2,(H3,13,14,15,16,17,18). The number of nitrogens with two attached hydrogens (primary N) is 1. The van der Waals surface area contributed by atoms with Crippen LogP contribution < -0.4 is 16.6 Å². The lowest BCUT2D eigenvalue weighted by atomic mass is 9.92. The second kappa shape index (κ2) is 4.98. The summed E-state index contributed by atoms with van der Waals surface area (Å²) < 4.78 is 0. The number of H-pyrrole nitrogens is 1. The highest BCUT2D eigenvalue weighted by molar-refractivity contribution is 5.87. The van der Waals surface area contributed by atoms with Crippen LogP contribution in [0.15, 0.2) is 6.20 Å². The minimum Gasteiger partial charge on any atom is -0.391 e. The van der Waals surface area contributed by atoms with Gasteiger partial charge >= 0.3 is 0 Å². The van der Waals surface area contributed by atoms with Gasteiger partial charge in [-0.25, -0.2) is 5.84 Å². The third-order valence-corrected chi connectivity index (χ3v) is 3.49. The van der Waals surface area contributed by atoms with Crippen LogP contribution in [-0.2, 0) is 0 Å². The number of aliphatic hydroxyl groups is 1. The maximum atomic E-state index is 10.0. The van der Waals surface area contributed by atoms with E-state index in [1.807, 2.05) is 0 Å². The van der Waals surface area contributed by atoms with E-state index >= 15 is 0 Å². The van der Waals surface area contributed by atoms with E-state index in [1.54, 1.807) is 6.20 Å². The summed E-state index contributed by atoms with van der Waals surface area (Å²) in [4.78, 5) is 8.45. The van der Waals surface area contributed by atoms with Crippen molar-refractivity contribution in [3.63, 3.8) is 0 Å². The van der Waals surface area contributed by atoms with Crippen LogP contribution >= 0.6 is 0 Å². The molecule has 2 heterocycles. The molecule has 0 spiro atoms. The molecule has 1 fully saturated rings. The van der Waals surface area contributed by atoms with Crippen LogP contribution in [0, 0.1) is 0 Å². The summed E-state index contributed by atoms with van der Waals surface area (Å²) in [5.74, 6) is 6.30. The number of nitrogen functional groups attached to an aromatic ring is 1. The Hall–Kier alpha value is -1.93. The van der Waals surface area contributed by atoms with Crippen molar-refractivity contribution >= 4 is 22.8 Å². The number of anilines is 2. The Labute approximate surface area is 109 Å². The molecule has 8 heteroatoms. The highest BCUT2D eigenvalue weighted by Gasteiger charge is 2.24. The number of rotatable bonds is 3. The molecule has 0 aliphatic heterocycles. The second-order valence-electron chi connectivity index (χ2n) is 4.78. The number of nitrogens with zero attached hydrogens (tertiary/aromatic N) is 3. The molecular weight excluding hydrogens is 246 g/mol. The summed E-state index contributed by atoms with van der Waals surface area (Å²) in [6.45, 7) is 0. The van der Waals surface area contributed by atoms with Crippen LogP contribution in [0.25, 0.3) is 11.0 Å². The number of fused-ring (bicyclic) bond motifs is 1. The van der Waals surface area contributed by atoms with Gasteiger partial charge in [0.15, 0.2) is 5.65 Å². The zero-order valence-corrected chi connectivity index (χ0v) is 10.4. The van der Waals surface area contributed by atoms with E-state index in [-0.39, 0.29) is 12.1 Å². The highest BCUT2D eigenvalue weighted by Crippen LogP contribution is 2.25. The number of hydrogen-bond acceptors (Lipinski definition) is 7. The molecule has 102 valence electrons. The monoisotopic (exact) mass is 263 g/mol. The SMILES string of the molecule is NNc1nc(NC2CCCCC2O)c2cn[nH]c2n1. The molecule has 2 atom stereocenters. The molecule has 19 heavy (non-hydrogen) atoms. The quantitative estimate of drug-likeness (QED) is 0.400. The van der Waals surface area contributed by atoms with E-state index in [0.717, 1.165) is 31.1 Å². The van der Waals surface area contributed by atoms with Crippen LogP contribution in [0.4, 0.5) is 11.8 Å². The van der Waals surface area contributed by atoms with E-state index < -0.39 is 0 Å². The first-order valence-electron chi connectivity index (χ1n) is 6.40. The van der Waals surface area contributed by atoms with Gasteiger partial charge in [-0.15, -0.1) is 0 Å². The van der Waals surface area contributed by atoms with E-state index in [1.165, 1.54) is 0 Å². The van der Waals surface area contributed by atoms with Gasteiger partial charge in [-0.05, 0) is 12.8 Å². The van der Waals surface area contributed by atoms with Crippen molar-refractivity contribution in [2.45, 2.75) is 37.8 Å².